The van der Waals surface area contributed by atoms with Gasteiger partial charge in [0.15, 0.2) is 0 Å². The third-order valence-corrected chi connectivity index (χ3v) is 6.70. The molecular weight excluding hydrogens is 398 g/mol. The highest BCUT2D eigenvalue weighted by Crippen LogP contribution is 2.31. The number of nitrogens with zero attached hydrogens (tertiary/aromatic N) is 4. The van der Waals surface area contributed by atoms with E-state index in [9.17, 15) is 19.2 Å². The lowest BCUT2D eigenvalue weighted by atomic mass is 9.91. The molecule has 0 radical (unpaired) electrons. The van der Waals surface area contributed by atoms with Crippen LogP contribution in [-0.4, -0.2) is 62.4 Å². The van der Waals surface area contributed by atoms with Crippen LogP contribution in [0.5, 0.6) is 0 Å². The fraction of sp³-hybridized carbons (Fsp3) is 0.682. The summed E-state index contributed by atoms with van der Waals surface area (Å²) >= 11 is 0. The largest absolute Gasteiger partial charge is 0.342 e. The van der Waals surface area contributed by atoms with E-state index in [4.69, 9.17) is 0 Å². The van der Waals surface area contributed by atoms with Gasteiger partial charge in [-0.25, -0.2) is 4.79 Å². The predicted octanol–water partition coefficient (Wildman–Crippen LogP) is 1.31. The summed E-state index contributed by atoms with van der Waals surface area (Å²) < 4.78 is 2.19. The average Bonchev–Trinajstić information content (AvgIpc) is 3.25. The van der Waals surface area contributed by atoms with Gasteiger partial charge >= 0.3 is 6.03 Å². The van der Waals surface area contributed by atoms with Crippen molar-refractivity contribution in [1.82, 2.24) is 24.7 Å². The molecule has 2 saturated heterocycles. The predicted molar refractivity (Wildman–Crippen MR) is 114 cm³/mol. The molecule has 4 rings (SSSR count). The van der Waals surface area contributed by atoms with E-state index in [0.717, 1.165) is 43.7 Å². The molecule has 0 spiro atoms. The number of hydrogen-bond acceptors (Lipinski definition) is 5. The van der Waals surface area contributed by atoms with Crippen molar-refractivity contribution in [2.75, 3.05) is 19.6 Å². The number of imide groups is 1. The van der Waals surface area contributed by atoms with Crippen molar-refractivity contribution in [3.63, 3.8) is 0 Å². The van der Waals surface area contributed by atoms with E-state index >= 15 is 0 Å². The second-order valence-electron chi connectivity index (χ2n) is 9.39. The molecule has 3 aliphatic heterocycles. The molecule has 31 heavy (non-hydrogen) atoms. The molecule has 1 unspecified atom stereocenters. The van der Waals surface area contributed by atoms with Crippen LogP contribution >= 0.6 is 0 Å². The lowest BCUT2D eigenvalue weighted by molar-refractivity contribution is -0.134. The van der Waals surface area contributed by atoms with Crippen molar-refractivity contribution in [2.24, 2.45) is 0 Å². The molecule has 0 saturated carbocycles. The quantitative estimate of drug-likeness (QED) is 0.711. The van der Waals surface area contributed by atoms with E-state index in [-0.39, 0.29) is 36.3 Å². The number of aryl methyl sites for hydroxylation is 1. The smallest absolute Gasteiger partial charge is 0.325 e. The number of piperidine rings is 1. The second kappa shape index (κ2) is 8.09. The standard InChI is InChI=1S/C22H31N5O4/c1-14-18(26-11-5-8-16(26)23-19(14)29)15-7-4-10-25(13-15)17(28)9-6-12-27-20(30)22(2,3)24-21(27)31/h15H,4-13H2,1-3H3,(H,24,31). The lowest BCUT2D eigenvalue weighted by Gasteiger charge is -2.34. The van der Waals surface area contributed by atoms with Crippen LogP contribution in [0.3, 0.4) is 0 Å². The Morgan fingerprint density at radius 2 is 1.97 bits per heavy atom. The molecule has 0 bridgehead atoms. The molecule has 0 aliphatic carbocycles. The zero-order chi connectivity index (χ0) is 22.3. The van der Waals surface area contributed by atoms with Crippen molar-refractivity contribution in [3.8, 4) is 0 Å². The first-order valence-electron chi connectivity index (χ1n) is 11.2. The van der Waals surface area contributed by atoms with Crippen molar-refractivity contribution in [1.29, 1.82) is 0 Å². The molecule has 9 heteroatoms. The summed E-state index contributed by atoms with van der Waals surface area (Å²) in [4.78, 5) is 56.8. The normalized spacial score (nSPS) is 22.6. The zero-order valence-electron chi connectivity index (χ0n) is 18.6. The Morgan fingerprint density at radius 3 is 2.68 bits per heavy atom. The molecule has 1 N–H and O–H groups in total. The van der Waals surface area contributed by atoms with E-state index in [2.05, 4.69) is 14.9 Å². The Morgan fingerprint density at radius 1 is 1.19 bits per heavy atom. The van der Waals surface area contributed by atoms with Crippen molar-refractivity contribution >= 4 is 17.8 Å². The molecule has 1 aromatic heterocycles. The summed E-state index contributed by atoms with van der Waals surface area (Å²) in [5.41, 5.74) is 0.711. The zero-order valence-corrected chi connectivity index (χ0v) is 18.6. The molecule has 1 aromatic rings. The summed E-state index contributed by atoms with van der Waals surface area (Å²) in [6.07, 6.45) is 4.40. The Kier molecular flexibility index (Phi) is 5.61. The molecule has 9 nitrogen and oxygen atoms in total. The minimum absolute atomic E-state index is 0.0340. The Bertz CT molecular complexity index is 983. The minimum Gasteiger partial charge on any atom is -0.342 e. The molecule has 168 valence electrons. The summed E-state index contributed by atoms with van der Waals surface area (Å²) in [5, 5.41) is 2.66. The van der Waals surface area contributed by atoms with E-state index in [0.29, 0.717) is 25.1 Å². The summed E-state index contributed by atoms with van der Waals surface area (Å²) in [6.45, 7) is 7.61. The van der Waals surface area contributed by atoms with E-state index in [1.54, 1.807) is 13.8 Å². The van der Waals surface area contributed by atoms with Gasteiger partial charge in [0.05, 0.1) is 0 Å². The van der Waals surface area contributed by atoms with E-state index < -0.39 is 11.6 Å². The third kappa shape index (κ3) is 3.97. The van der Waals surface area contributed by atoms with E-state index in [1.165, 1.54) is 4.90 Å². The first kappa shape index (κ1) is 21.5. The van der Waals surface area contributed by atoms with Gasteiger partial charge in [0.2, 0.25) is 5.91 Å². The van der Waals surface area contributed by atoms with Gasteiger partial charge in [-0.05, 0) is 46.5 Å². The fourth-order valence-corrected chi connectivity index (χ4v) is 5.07. The molecule has 4 amide bonds. The Labute approximate surface area is 181 Å². The highest BCUT2D eigenvalue weighted by atomic mass is 16.2. The lowest BCUT2D eigenvalue weighted by Crippen LogP contribution is -2.41. The maximum absolute atomic E-state index is 12.9. The molecule has 4 heterocycles. The van der Waals surface area contributed by atoms with Gasteiger partial charge in [0.1, 0.15) is 11.4 Å². The number of nitrogens with one attached hydrogen (secondary N) is 1. The number of fused-ring (bicyclic) bond motifs is 1. The number of carbonyl (C=O) groups is 3. The molecule has 3 aliphatic rings. The van der Waals surface area contributed by atoms with Gasteiger partial charge in [0, 0.05) is 56.2 Å². The van der Waals surface area contributed by atoms with Crippen LogP contribution in [-0.2, 0) is 22.6 Å². The summed E-state index contributed by atoms with van der Waals surface area (Å²) in [7, 11) is 0. The molecule has 0 aromatic carbocycles. The van der Waals surface area contributed by atoms with Gasteiger partial charge < -0.3 is 14.8 Å². The van der Waals surface area contributed by atoms with Crippen LogP contribution in [0, 0.1) is 6.92 Å². The van der Waals surface area contributed by atoms with Gasteiger partial charge in [-0.1, -0.05) is 0 Å². The minimum atomic E-state index is -0.887. The van der Waals surface area contributed by atoms with Crippen LogP contribution in [0.25, 0.3) is 0 Å². The number of aromatic nitrogens is 2. The third-order valence-electron chi connectivity index (χ3n) is 6.70. The number of likely N-dealkylation sites (tertiary alicyclic amines) is 1. The monoisotopic (exact) mass is 429 g/mol. The highest BCUT2D eigenvalue weighted by Gasteiger charge is 2.43. The number of urea groups is 1. The maximum atomic E-state index is 12.9. The Hall–Kier alpha value is -2.71. The van der Waals surface area contributed by atoms with Crippen LogP contribution in [0.15, 0.2) is 4.79 Å². The van der Waals surface area contributed by atoms with Crippen molar-refractivity contribution in [3.05, 3.63) is 27.4 Å². The first-order chi connectivity index (χ1) is 14.7. The van der Waals surface area contributed by atoms with Gasteiger partial charge in [-0.3, -0.25) is 19.3 Å². The fourth-order valence-electron chi connectivity index (χ4n) is 5.07. The van der Waals surface area contributed by atoms with Gasteiger partial charge in [0.25, 0.3) is 11.5 Å². The Balaban J connectivity index is 1.39. The van der Waals surface area contributed by atoms with Crippen LogP contribution in [0.1, 0.15) is 69.0 Å². The molecule has 1 atom stereocenters. The number of carbonyl (C=O) groups excluding carboxylic acids is 3. The second-order valence-corrected chi connectivity index (χ2v) is 9.39. The summed E-state index contributed by atoms with van der Waals surface area (Å²) in [6, 6.07) is -0.395. The SMILES string of the molecule is Cc1c(C2CCCN(C(=O)CCCN3C(=O)NC(C)(C)C3=O)C2)n2c(nc1=O)CCC2. The van der Waals surface area contributed by atoms with Crippen LogP contribution < -0.4 is 10.9 Å². The number of hydrogen-bond donors (Lipinski definition) is 1. The van der Waals surface area contributed by atoms with Crippen LogP contribution in [0.4, 0.5) is 4.79 Å². The molecule has 2 fully saturated rings. The highest BCUT2D eigenvalue weighted by molar-refractivity contribution is 6.06. The first-order valence-corrected chi connectivity index (χ1v) is 11.2. The maximum Gasteiger partial charge on any atom is 0.325 e. The molecular formula is C22H31N5O4. The van der Waals surface area contributed by atoms with Gasteiger partial charge in [-0.2, -0.15) is 4.98 Å². The number of amides is 4. The number of rotatable bonds is 5. The van der Waals surface area contributed by atoms with Gasteiger partial charge in [-0.15, -0.1) is 0 Å². The average molecular weight is 430 g/mol. The summed E-state index contributed by atoms with van der Waals surface area (Å²) in [5.74, 6) is 0.782. The van der Waals surface area contributed by atoms with Crippen LogP contribution in [0.2, 0.25) is 0 Å². The van der Waals surface area contributed by atoms with Crippen molar-refractivity contribution in [2.45, 2.75) is 77.3 Å². The topological polar surface area (TPSA) is 105 Å². The van der Waals surface area contributed by atoms with Crippen molar-refractivity contribution < 1.29 is 14.4 Å². The van der Waals surface area contributed by atoms with E-state index in [1.807, 2.05) is 11.8 Å².